The van der Waals surface area contributed by atoms with Gasteiger partial charge in [0.2, 0.25) is 0 Å². The molecule has 0 aliphatic heterocycles. The second-order valence-corrected chi connectivity index (χ2v) is 4.41. The monoisotopic (exact) mass is 265 g/mol. The number of nitrogens with one attached hydrogen (secondary N) is 1. The molecule has 0 saturated heterocycles. The Morgan fingerprint density at radius 1 is 1.21 bits per heavy atom. The zero-order valence-corrected chi connectivity index (χ0v) is 11.4. The SMILES string of the molecule is CN(CCC(=O)O)C(=O)Nc1ccccc1N(C)C. The van der Waals surface area contributed by atoms with Gasteiger partial charge in [0.1, 0.15) is 0 Å². The van der Waals surface area contributed by atoms with Crippen LogP contribution in [0.2, 0.25) is 0 Å². The summed E-state index contributed by atoms with van der Waals surface area (Å²) in [5, 5.41) is 11.4. The van der Waals surface area contributed by atoms with Crippen molar-refractivity contribution in [3.63, 3.8) is 0 Å². The lowest BCUT2D eigenvalue weighted by Crippen LogP contribution is -2.33. The van der Waals surface area contributed by atoms with Crippen molar-refractivity contribution in [2.75, 3.05) is 37.9 Å². The van der Waals surface area contributed by atoms with Gasteiger partial charge in [-0.25, -0.2) is 4.79 Å². The highest BCUT2D eigenvalue weighted by atomic mass is 16.4. The highest BCUT2D eigenvalue weighted by molar-refractivity contribution is 5.93. The highest BCUT2D eigenvalue weighted by Crippen LogP contribution is 2.23. The lowest BCUT2D eigenvalue weighted by Gasteiger charge is -2.21. The topological polar surface area (TPSA) is 72.9 Å². The molecule has 0 atom stereocenters. The predicted molar refractivity (Wildman–Crippen MR) is 74.7 cm³/mol. The molecule has 0 spiro atoms. The number of rotatable bonds is 5. The van der Waals surface area contributed by atoms with Crippen molar-refractivity contribution in [1.29, 1.82) is 0 Å². The van der Waals surface area contributed by atoms with Crippen LogP contribution in [0.3, 0.4) is 0 Å². The van der Waals surface area contributed by atoms with Gasteiger partial charge < -0.3 is 20.2 Å². The Morgan fingerprint density at radius 2 is 1.84 bits per heavy atom. The third-order valence-electron chi connectivity index (χ3n) is 2.64. The van der Waals surface area contributed by atoms with Gasteiger partial charge in [-0.05, 0) is 12.1 Å². The minimum Gasteiger partial charge on any atom is -0.481 e. The molecule has 1 rings (SSSR count). The Labute approximate surface area is 112 Å². The van der Waals surface area contributed by atoms with E-state index in [1.165, 1.54) is 4.90 Å². The molecule has 0 unspecified atom stereocenters. The molecule has 0 radical (unpaired) electrons. The van der Waals surface area contributed by atoms with E-state index in [1.807, 2.05) is 37.2 Å². The maximum absolute atomic E-state index is 11.9. The standard InChI is InChI=1S/C13H19N3O3/c1-15(2)11-7-5-4-6-10(11)14-13(19)16(3)9-8-12(17)18/h4-7H,8-9H2,1-3H3,(H,14,19)(H,17,18). The van der Waals surface area contributed by atoms with Gasteiger partial charge in [0.25, 0.3) is 0 Å². The summed E-state index contributed by atoms with van der Waals surface area (Å²) in [5.74, 6) is -0.923. The molecule has 2 N–H and O–H groups in total. The first-order valence-corrected chi connectivity index (χ1v) is 5.92. The van der Waals surface area contributed by atoms with Crippen LogP contribution in [-0.2, 0) is 4.79 Å². The van der Waals surface area contributed by atoms with Gasteiger partial charge in [-0.3, -0.25) is 4.79 Å². The van der Waals surface area contributed by atoms with E-state index < -0.39 is 5.97 Å². The van der Waals surface area contributed by atoms with Crippen molar-refractivity contribution >= 4 is 23.4 Å². The van der Waals surface area contributed by atoms with Gasteiger partial charge in [-0.1, -0.05) is 12.1 Å². The van der Waals surface area contributed by atoms with Crippen molar-refractivity contribution in [1.82, 2.24) is 4.90 Å². The first-order valence-electron chi connectivity index (χ1n) is 5.92. The predicted octanol–water partition coefficient (Wildman–Crippen LogP) is 1.69. The Balaban J connectivity index is 2.69. The number of aliphatic carboxylic acids is 1. The number of hydrogen-bond acceptors (Lipinski definition) is 3. The molecular weight excluding hydrogens is 246 g/mol. The number of anilines is 2. The summed E-state index contributed by atoms with van der Waals surface area (Å²) in [6.07, 6.45) is -0.0702. The summed E-state index contributed by atoms with van der Waals surface area (Å²) in [7, 11) is 5.34. The molecule has 0 aromatic heterocycles. The van der Waals surface area contributed by atoms with Gasteiger partial charge >= 0.3 is 12.0 Å². The van der Waals surface area contributed by atoms with Crippen molar-refractivity contribution in [2.45, 2.75) is 6.42 Å². The molecule has 19 heavy (non-hydrogen) atoms. The van der Waals surface area contributed by atoms with Gasteiger partial charge in [0.15, 0.2) is 0 Å². The smallest absolute Gasteiger partial charge is 0.321 e. The maximum Gasteiger partial charge on any atom is 0.321 e. The molecule has 1 aromatic rings. The van der Waals surface area contributed by atoms with E-state index in [0.29, 0.717) is 5.69 Å². The number of urea groups is 1. The molecule has 0 heterocycles. The average molecular weight is 265 g/mol. The summed E-state index contributed by atoms with van der Waals surface area (Å²) < 4.78 is 0. The fraction of sp³-hybridized carbons (Fsp3) is 0.385. The van der Waals surface area contributed by atoms with E-state index in [4.69, 9.17) is 5.11 Å². The molecule has 6 heteroatoms. The maximum atomic E-state index is 11.9. The van der Waals surface area contributed by atoms with Gasteiger partial charge in [-0.2, -0.15) is 0 Å². The van der Waals surface area contributed by atoms with Crippen LogP contribution in [0.5, 0.6) is 0 Å². The first-order chi connectivity index (χ1) is 8.91. The number of benzene rings is 1. The first kappa shape index (κ1) is 14.8. The molecule has 2 amide bonds. The zero-order chi connectivity index (χ0) is 14.4. The number of para-hydroxylation sites is 2. The Morgan fingerprint density at radius 3 is 2.42 bits per heavy atom. The lowest BCUT2D eigenvalue weighted by molar-refractivity contribution is -0.137. The molecule has 1 aromatic carbocycles. The van der Waals surface area contributed by atoms with Crippen molar-refractivity contribution < 1.29 is 14.7 Å². The number of carbonyl (C=O) groups excluding carboxylic acids is 1. The quantitative estimate of drug-likeness (QED) is 0.849. The minimum atomic E-state index is -0.923. The molecule has 0 saturated carbocycles. The van der Waals surface area contributed by atoms with E-state index in [1.54, 1.807) is 13.1 Å². The average Bonchev–Trinajstić information content (AvgIpc) is 2.36. The number of amides is 2. The minimum absolute atomic E-state index is 0.0702. The van der Waals surface area contributed by atoms with Crippen LogP contribution in [0, 0.1) is 0 Å². The molecule has 104 valence electrons. The van der Waals surface area contributed by atoms with E-state index in [0.717, 1.165) is 5.69 Å². The van der Waals surface area contributed by atoms with Crippen LogP contribution in [0.4, 0.5) is 16.2 Å². The number of carboxylic acids is 1. The fourth-order valence-corrected chi connectivity index (χ4v) is 1.54. The van der Waals surface area contributed by atoms with E-state index in [-0.39, 0.29) is 19.0 Å². The van der Waals surface area contributed by atoms with E-state index in [2.05, 4.69) is 5.32 Å². The second-order valence-electron chi connectivity index (χ2n) is 4.41. The number of hydrogen-bond donors (Lipinski definition) is 2. The van der Waals surface area contributed by atoms with Crippen LogP contribution >= 0.6 is 0 Å². The third-order valence-corrected chi connectivity index (χ3v) is 2.64. The summed E-state index contributed by atoms with van der Waals surface area (Å²) in [6.45, 7) is 0.172. The van der Waals surface area contributed by atoms with Crippen molar-refractivity contribution in [3.8, 4) is 0 Å². The van der Waals surface area contributed by atoms with E-state index in [9.17, 15) is 9.59 Å². The largest absolute Gasteiger partial charge is 0.481 e. The molecule has 0 fully saturated rings. The fourth-order valence-electron chi connectivity index (χ4n) is 1.54. The highest BCUT2D eigenvalue weighted by Gasteiger charge is 2.12. The Bertz CT molecular complexity index is 460. The second kappa shape index (κ2) is 6.63. The number of nitrogens with zero attached hydrogens (tertiary/aromatic N) is 2. The van der Waals surface area contributed by atoms with E-state index >= 15 is 0 Å². The summed E-state index contributed by atoms with van der Waals surface area (Å²) in [6, 6.07) is 7.10. The lowest BCUT2D eigenvalue weighted by atomic mass is 10.2. The summed E-state index contributed by atoms with van der Waals surface area (Å²) in [5.41, 5.74) is 1.59. The third kappa shape index (κ3) is 4.50. The van der Waals surface area contributed by atoms with Crippen LogP contribution in [0.25, 0.3) is 0 Å². The van der Waals surface area contributed by atoms with Crippen LogP contribution in [0.1, 0.15) is 6.42 Å². The number of carboxylic acid groups (broad SMARTS) is 1. The molecule has 6 nitrogen and oxygen atoms in total. The van der Waals surface area contributed by atoms with Crippen molar-refractivity contribution in [3.05, 3.63) is 24.3 Å². The van der Waals surface area contributed by atoms with Gasteiger partial charge in [0, 0.05) is 27.7 Å². The summed E-state index contributed by atoms with van der Waals surface area (Å²) in [4.78, 5) is 25.6. The Hall–Kier alpha value is -2.24. The van der Waals surface area contributed by atoms with Gasteiger partial charge in [0.05, 0.1) is 17.8 Å². The molecule has 0 bridgehead atoms. The molecule has 0 aliphatic rings. The number of carbonyl (C=O) groups is 2. The summed E-state index contributed by atoms with van der Waals surface area (Å²) >= 11 is 0. The normalized spacial score (nSPS) is 9.84. The van der Waals surface area contributed by atoms with Crippen LogP contribution in [0.15, 0.2) is 24.3 Å². The Kier molecular flexibility index (Phi) is 5.17. The van der Waals surface area contributed by atoms with Crippen LogP contribution in [-0.4, -0.2) is 49.7 Å². The van der Waals surface area contributed by atoms with Crippen molar-refractivity contribution in [2.24, 2.45) is 0 Å². The van der Waals surface area contributed by atoms with Crippen LogP contribution < -0.4 is 10.2 Å². The van der Waals surface area contributed by atoms with Gasteiger partial charge in [-0.15, -0.1) is 0 Å². The molecular formula is C13H19N3O3. The zero-order valence-electron chi connectivity index (χ0n) is 11.4. The molecule has 0 aliphatic carbocycles.